The van der Waals surface area contributed by atoms with Crippen LogP contribution in [0.5, 0.6) is 0 Å². The van der Waals surface area contributed by atoms with Crippen LogP contribution in [0.15, 0.2) is 54.0 Å². The summed E-state index contributed by atoms with van der Waals surface area (Å²) in [5.41, 5.74) is 3.34. The number of aromatic nitrogens is 1. The van der Waals surface area contributed by atoms with Crippen LogP contribution in [0.3, 0.4) is 0 Å². The molecule has 0 unspecified atom stereocenters. The largest absolute Gasteiger partial charge is 0.478 e. The molecule has 1 N–H and O–H groups in total. The van der Waals surface area contributed by atoms with Gasteiger partial charge < -0.3 is 5.11 Å². The number of hydrogen-bond donors (Lipinski definition) is 1. The molecule has 3 rings (SSSR count). The molecule has 0 aliphatic carbocycles. The number of hydrogen-bond acceptors (Lipinski definition) is 2. The number of nitrogens with zero attached hydrogens (tertiary/aromatic N) is 1. The molecule has 0 saturated heterocycles. The summed E-state index contributed by atoms with van der Waals surface area (Å²) in [6.07, 6.45) is 1.91. The van der Waals surface area contributed by atoms with Gasteiger partial charge in [-0.15, -0.1) is 3.96 Å². The van der Waals surface area contributed by atoms with Crippen molar-refractivity contribution < 1.29 is 18.2 Å². The lowest BCUT2D eigenvalue weighted by atomic mass is 10.1. The third kappa shape index (κ3) is 3.29. The molecular weight excluding hydrogens is 313 g/mol. The molecule has 5 heteroatoms. The van der Waals surface area contributed by atoms with Crippen molar-refractivity contribution in [2.45, 2.75) is 13.5 Å². The molecule has 0 saturated carbocycles. The SMILES string of the molecule is Cc1cccc(-c2cs[n+](Cc3ccc(C(=O)O)cc3)c2)c1F. The molecule has 0 spiro atoms. The summed E-state index contributed by atoms with van der Waals surface area (Å²) in [6, 6.07) is 12.1. The van der Waals surface area contributed by atoms with Gasteiger partial charge in [0, 0.05) is 11.1 Å². The van der Waals surface area contributed by atoms with Crippen LogP contribution in [0.4, 0.5) is 4.39 Å². The quantitative estimate of drug-likeness (QED) is 0.738. The van der Waals surface area contributed by atoms with Gasteiger partial charge in [-0.1, -0.05) is 30.3 Å². The van der Waals surface area contributed by atoms with Gasteiger partial charge in [0.2, 0.25) is 0 Å². The van der Waals surface area contributed by atoms with Crippen molar-refractivity contribution >= 4 is 17.5 Å². The van der Waals surface area contributed by atoms with E-state index < -0.39 is 5.97 Å². The fraction of sp³-hybridized carbons (Fsp3) is 0.111. The first-order valence-electron chi connectivity index (χ1n) is 7.11. The van der Waals surface area contributed by atoms with Crippen molar-refractivity contribution in [3.63, 3.8) is 0 Å². The van der Waals surface area contributed by atoms with E-state index in [-0.39, 0.29) is 11.4 Å². The van der Waals surface area contributed by atoms with Crippen LogP contribution in [0.2, 0.25) is 0 Å². The van der Waals surface area contributed by atoms with E-state index in [4.69, 9.17) is 5.11 Å². The summed E-state index contributed by atoms with van der Waals surface area (Å²) in [5.74, 6) is -1.12. The van der Waals surface area contributed by atoms with Gasteiger partial charge in [-0.25, -0.2) is 9.18 Å². The standard InChI is InChI=1S/C18H14FNO2S/c1-12-3-2-4-16(17(12)19)15-10-20(23-11-15)9-13-5-7-14(8-6-13)18(21)22/h2-8,10-11H,9H2,1H3/p+1. The number of benzene rings is 2. The van der Waals surface area contributed by atoms with Gasteiger partial charge in [-0.05, 0) is 24.6 Å². The van der Waals surface area contributed by atoms with Crippen molar-refractivity contribution in [2.24, 2.45) is 0 Å². The van der Waals surface area contributed by atoms with E-state index in [1.807, 2.05) is 21.6 Å². The van der Waals surface area contributed by atoms with Crippen molar-refractivity contribution in [3.8, 4) is 11.1 Å². The predicted octanol–water partition coefficient (Wildman–Crippen LogP) is 3.90. The molecule has 23 heavy (non-hydrogen) atoms. The van der Waals surface area contributed by atoms with E-state index in [0.29, 0.717) is 17.7 Å². The number of aromatic carboxylic acids is 1. The molecule has 0 amide bonds. The van der Waals surface area contributed by atoms with Gasteiger partial charge in [0.15, 0.2) is 12.7 Å². The fourth-order valence-electron chi connectivity index (χ4n) is 2.36. The van der Waals surface area contributed by atoms with Crippen molar-refractivity contribution in [1.82, 2.24) is 0 Å². The number of carbonyl (C=O) groups is 1. The average Bonchev–Trinajstić information content (AvgIpc) is 2.99. The third-order valence-corrected chi connectivity index (χ3v) is 4.50. The van der Waals surface area contributed by atoms with Gasteiger partial charge in [0.05, 0.1) is 16.5 Å². The topological polar surface area (TPSA) is 41.2 Å². The first-order valence-corrected chi connectivity index (χ1v) is 7.94. The second-order valence-electron chi connectivity index (χ2n) is 5.32. The van der Waals surface area contributed by atoms with Gasteiger partial charge in [-0.2, -0.15) is 0 Å². The van der Waals surface area contributed by atoms with E-state index >= 15 is 0 Å². The second kappa shape index (κ2) is 6.30. The van der Waals surface area contributed by atoms with E-state index in [9.17, 15) is 9.18 Å². The molecule has 1 heterocycles. The molecule has 0 bridgehead atoms. The summed E-state index contributed by atoms with van der Waals surface area (Å²) in [5, 5.41) is 10.8. The lowest BCUT2D eigenvalue weighted by Gasteiger charge is -2.01. The zero-order valence-electron chi connectivity index (χ0n) is 12.5. The van der Waals surface area contributed by atoms with E-state index in [0.717, 1.165) is 11.1 Å². The minimum Gasteiger partial charge on any atom is -0.478 e. The summed E-state index contributed by atoms with van der Waals surface area (Å²) in [6.45, 7) is 2.38. The minimum atomic E-state index is -0.933. The minimum absolute atomic E-state index is 0.191. The van der Waals surface area contributed by atoms with E-state index in [2.05, 4.69) is 0 Å². The monoisotopic (exact) mass is 328 g/mol. The summed E-state index contributed by atoms with van der Waals surface area (Å²) in [7, 11) is 0. The highest BCUT2D eigenvalue weighted by atomic mass is 32.1. The summed E-state index contributed by atoms with van der Waals surface area (Å²) >= 11 is 1.50. The highest BCUT2D eigenvalue weighted by Gasteiger charge is 2.14. The van der Waals surface area contributed by atoms with Gasteiger partial charge in [0.1, 0.15) is 17.3 Å². The Morgan fingerprint density at radius 1 is 1.22 bits per heavy atom. The second-order valence-corrected chi connectivity index (χ2v) is 6.24. The van der Waals surface area contributed by atoms with Crippen LogP contribution in [0.25, 0.3) is 11.1 Å². The number of carboxylic acids is 1. The average molecular weight is 328 g/mol. The van der Waals surface area contributed by atoms with E-state index in [1.165, 1.54) is 11.5 Å². The van der Waals surface area contributed by atoms with Gasteiger partial charge in [-0.3, -0.25) is 0 Å². The molecule has 0 aliphatic heterocycles. The van der Waals surface area contributed by atoms with Gasteiger partial charge in [0.25, 0.3) is 0 Å². The molecule has 3 nitrogen and oxygen atoms in total. The Morgan fingerprint density at radius 2 is 1.96 bits per heavy atom. The first-order chi connectivity index (χ1) is 11.0. The van der Waals surface area contributed by atoms with Crippen molar-refractivity contribution in [1.29, 1.82) is 0 Å². The lowest BCUT2D eigenvalue weighted by molar-refractivity contribution is -0.618. The molecule has 1 aromatic heterocycles. The third-order valence-electron chi connectivity index (χ3n) is 3.64. The Kier molecular flexibility index (Phi) is 4.21. The molecule has 116 valence electrons. The Hall–Kier alpha value is -2.53. The van der Waals surface area contributed by atoms with Crippen LogP contribution in [-0.4, -0.2) is 11.1 Å². The van der Waals surface area contributed by atoms with Crippen molar-refractivity contribution in [3.05, 3.63) is 76.5 Å². The zero-order chi connectivity index (χ0) is 16.4. The Balaban J connectivity index is 1.82. The number of aryl methyl sites for hydroxylation is 1. The maximum atomic E-state index is 14.2. The maximum Gasteiger partial charge on any atom is 0.335 e. The zero-order valence-corrected chi connectivity index (χ0v) is 13.3. The molecular formula is C18H15FNO2S+. The van der Waals surface area contributed by atoms with Crippen LogP contribution < -0.4 is 3.96 Å². The highest BCUT2D eigenvalue weighted by molar-refractivity contribution is 6.99. The number of rotatable bonds is 4. The summed E-state index contributed by atoms with van der Waals surface area (Å²) in [4.78, 5) is 10.9. The molecule has 2 aromatic carbocycles. The van der Waals surface area contributed by atoms with Crippen LogP contribution in [0.1, 0.15) is 21.5 Å². The number of carboxylic acid groups (broad SMARTS) is 1. The van der Waals surface area contributed by atoms with E-state index in [1.54, 1.807) is 43.3 Å². The first kappa shape index (κ1) is 15.4. The molecule has 0 fully saturated rings. The molecule has 3 aromatic rings. The molecule has 0 aliphatic rings. The molecule has 0 atom stereocenters. The Morgan fingerprint density at radius 3 is 2.65 bits per heavy atom. The lowest BCUT2D eigenvalue weighted by Crippen LogP contribution is -2.28. The Bertz CT molecular complexity index is 856. The van der Waals surface area contributed by atoms with Crippen molar-refractivity contribution in [2.75, 3.05) is 0 Å². The number of halogens is 1. The fourth-order valence-corrected chi connectivity index (χ4v) is 3.19. The predicted molar refractivity (Wildman–Crippen MR) is 87.1 cm³/mol. The van der Waals surface area contributed by atoms with Crippen LogP contribution in [0, 0.1) is 12.7 Å². The smallest absolute Gasteiger partial charge is 0.335 e. The molecule has 0 radical (unpaired) electrons. The van der Waals surface area contributed by atoms with Crippen LogP contribution in [-0.2, 0) is 6.54 Å². The Labute approximate surface area is 137 Å². The summed E-state index contributed by atoms with van der Waals surface area (Å²) < 4.78 is 16.2. The maximum absolute atomic E-state index is 14.2. The van der Waals surface area contributed by atoms with Crippen LogP contribution >= 0.6 is 11.5 Å². The van der Waals surface area contributed by atoms with Gasteiger partial charge >= 0.3 is 5.97 Å². The highest BCUT2D eigenvalue weighted by Crippen LogP contribution is 2.24. The normalized spacial score (nSPS) is 10.7.